The maximum atomic E-state index is 12.1. The summed E-state index contributed by atoms with van der Waals surface area (Å²) in [6.45, 7) is 9.47. The van der Waals surface area contributed by atoms with Crippen LogP contribution in [0.2, 0.25) is 0 Å². The SMILES string of the molecule is CCCCC1NC(CC(C)C)N(CC)C1=O. The summed E-state index contributed by atoms with van der Waals surface area (Å²) in [5.74, 6) is 0.936. The lowest BCUT2D eigenvalue weighted by Gasteiger charge is -2.23. The smallest absolute Gasteiger partial charge is 0.241 e. The van der Waals surface area contributed by atoms with Crippen LogP contribution in [0.3, 0.4) is 0 Å². The number of nitrogens with zero attached hydrogens (tertiary/aromatic N) is 1. The Bertz CT molecular complexity index is 228. The van der Waals surface area contributed by atoms with Crippen molar-refractivity contribution in [2.24, 2.45) is 5.92 Å². The molecular formula is C13H26N2O. The first-order chi connectivity index (χ1) is 7.60. The van der Waals surface area contributed by atoms with Gasteiger partial charge in [0.25, 0.3) is 0 Å². The monoisotopic (exact) mass is 226 g/mol. The van der Waals surface area contributed by atoms with E-state index in [1.807, 2.05) is 4.90 Å². The van der Waals surface area contributed by atoms with Crippen LogP contribution in [0.5, 0.6) is 0 Å². The van der Waals surface area contributed by atoms with Gasteiger partial charge in [-0.3, -0.25) is 10.1 Å². The standard InChI is InChI=1S/C13H26N2O/c1-5-7-8-11-13(16)15(6-2)12(14-11)9-10(3)4/h10-12,14H,5-9H2,1-4H3. The summed E-state index contributed by atoms with van der Waals surface area (Å²) in [6, 6.07) is 0.0728. The first-order valence-electron chi connectivity index (χ1n) is 6.66. The quantitative estimate of drug-likeness (QED) is 0.754. The van der Waals surface area contributed by atoms with Gasteiger partial charge in [-0.15, -0.1) is 0 Å². The van der Waals surface area contributed by atoms with Gasteiger partial charge in [0.2, 0.25) is 5.91 Å². The van der Waals surface area contributed by atoms with Crippen molar-refractivity contribution < 1.29 is 4.79 Å². The minimum absolute atomic E-state index is 0.0728. The van der Waals surface area contributed by atoms with Crippen LogP contribution in [0.4, 0.5) is 0 Å². The zero-order valence-electron chi connectivity index (χ0n) is 11.1. The van der Waals surface area contributed by atoms with Gasteiger partial charge in [0.1, 0.15) is 0 Å². The molecule has 1 aliphatic heterocycles. The summed E-state index contributed by atoms with van der Waals surface area (Å²) >= 11 is 0. The summed E-state index contributed by atoms with van der Waals surface area (Å²) in [7, 11) is 0. The summed E-state index contributed by atoms with van der Waals surface area (Å²) in [4.78, 5) is 14.1. The average Bonchev–Trinajstić information content (AvgIpc) is 2.51. The predicted octanol–water partition coefficient (Wildman–Crippen LogP) is 2.37. The van der Waals surface area contributed by atoms with Crippen molar-refractivity contribution in [2.75, 3.05) is 6.54 Å². The molecule has 1 rings (SSSR count). The molecule has 0 aliphatic carbocycles. The molecule has 2 unspecified atom stereocenters. The lowest BCUT2D eigenvalue weighted by atomic mass is 10.1. The van der Waals surface area contributed by atoms with Gasteiger partial charge in [0.05, 0.1) is 12.2 Å². The van der Waals surface area contributed by atoms with E-state index in [-0.39, 0.29) is 12.2 Å². The van der Waals surface area contributed by atoms with Crippen LogP contribution >= 0.6 is 0 Å². The van der Waals surface area contributed by atoms with Crippen molar-refractivity contribution in [1.82, 2.24) is 10.2 Å². The predicted molar refractivity (Wildman–Crippen MR) is 67.1 cm³/mol. The van der Waals surface area contributed by atoms with Gasteiger partial charge in [0, 0.05) is 6.54 Å². The first-order valence-corrected chi connectivity index (χ1v) is 6.66. The summed E-state index contributed by atoms with van der Waals surface area (Å²) < 4.78 is 0. The number of hydrogen-bond donors (Lipinski definition) is 1. The van der Waals surface area contributed by atoms with E-state index in [1.165, 1.54) is 0 Å². The molecule has 3 heteroatoms. The molecule has 0 spiro atoms. The molecule has 0 aromatic heterocycles. The molecule has 2 atom stereocenters. The molecule has 16 heavy (non-hydrogen) atoms. The van der Waals surface area contributed by atoms with Crippen molar-refractivity contribution in [3.05, 3.63) is 0 Å². The Hall–Kier alpha value is -0.570. The van der Waals surface area contributed by atoms with Crippen LogP contribution < -0.4 is 5.32 Å². The zero-order valence-corrected chi connectivity index (χ0v) is 11.1. The molecule has 0 radical (unpaired) electrons. The fourth-order valence-corrected chi connectivity index (χ4v) is 2.38. The van der Waals surface area contributed by atoms with Crippen LogP contribution in [-0.4, -0.2) is 29.6 Å². The Morgan fingerprint density at radius 1 is 1.38 bits per heavy atom. The Labute approximate surface area is 99.6 Å². The third-order valence-corrected chi connectivity index (χ3v) is 3.23. The molecule has 1 amide bonds. The molecule has 0 aromatic rings. The topological polar surface area (TPSA) is 32.3 Å². The van der Waals surface area contributed by atoms with Crippen molar-refractivity contribution >= 4 is 5.91 Å². The number of amides is 1. The summed E-state index contributed by atoms with van der Waals surface area (Å²) in [6.07, 6.45) is 4.60. The lowest BCUT2D eigenvalue weighted by molar-refractivity contribution is -0.130. The van der Waals surface area contributed by atoms with Gasteiger partial charge >= 0.3 is 0 Å². The van der Waals surface area contributed by atoms with Crippen LogP contribution in [0.1, 0.15) is 53.4 Å². The van der Waals surface area contributed by atoms with E-state index in [0.29, 0.717) is 11.8 Å². The normalized spacial score (nSPS) is 25.8. The van der Waals surface area contributed by atoms with E-state index in [1.54, 1.807) is 0 Å². The second-order valence-corrected chi connectivity index (χ2v) is 5.13. The molecule has 1 fully saturated rings. The molecular weight excluding hydrogens is 200 g/mol. The molecule has 94 valence electrons. The van der Waals surface area contributed by atoms with Crippen molar-refractivity contribution in [3.8, 4) is 0 Å². The Balaban J connectivity index is 2.56. The van der Waals surface area contributed by atoms with E-state index >= 15 is 0 Å². The van der Waals surface area contributed by atoms with Gasteiger partial charge in [-0.2, -0.15) is 0 Å². The number of carbonyl (C=O) groups is 1. The zero-order chi connectivity index (χ0) is 12.1. The molecule has 1 heterocycles. The fourth-order valence-electron chi connectivity index (χ4n) is 2.38. The van der Waals surface area contributed by atoms with Gasteiger partial charge in [-0.1, -0.05) is 33.6 Å². The van der Waals surface area contributed by atoms with Crippen molar-refractivity contribution in [2.45, 2.75) is 65.6 Å². The number of carbonyl (C=O) groups excluding carboxylic acids is 1. The van der Waals surface area contributed by atoms with E-state index < -0.39 is 0 Å². The highest BCUT2D eigenvalue weighted by atomic mass is 16.2. The highest BCUT2D eigenvalue weighted by Gasteiger charge is 2.37. The second kappa shape index (κ2) is 6.24. The average molecular weight is 226 g/mol. The number of unbranched alkanes of at least 4 members (excludes halogenated alkanes) is 1. The molecule has 1 aliphatic rings. The van der Waals surface area contributed by atoms with Gasteiger partial charge in [-0.05, 0) is 25.7 Å². The Morgan fingerprint density at radius 3 is 2.56 bits per heavy atom. The van der Waals surface area contributed by atoms with E-state index in [9.17, 15) is 4.79 Å². The number of likely N-dealkylation sites (N-methyl/N-ethyl adjacent to an activating group) is 1. The highest BCUT2D eigenvalue weighted by Crippen LogP contribution is 2.19. The molecule has 0 aromatic carbocycles. The van der Waals surface area contributed by atoms with Crippen LogP contribution in [0.15, 0.2) is 0 Å². The third-order valence-electron chi connectivity index (χ3n) is 3.23. The van der Waals surface area contributed by atoms with E-state index in [4.69, 9.17) is 0 Å². The van der Waals surface area contributed by atoms with Crippen LogP contribution in [0, 0.1) is 5.92 Å². The van der Waals surface area contributed by atoms with Crippen molar-refractivity contribution in [1.29, 1.82) is 0 Å². The van der Waals surface area contributed by atoms with Crippen LogP contribution in [-0.2, 0) is 4.79 Å². The van der Waals surface area contributed by atoms with E-state index in [2.05, 4.69) is 33.0 Å². The van der Waals surface area contributed by atoms with Crippen LogP contribution in [0.25, 0.3) is 0 Å². The first kappa shape index (κ1) is 13.5. The molecule has 1 saturated heterocycles. The Morgan fingerprint density at radius 2 is 2.06 bits per heavy atom. The van der Waals surface area contributed by atoms with Gasteiger partial charge in [0.15, 0.2) is 0 Å². The van der Waals surface area contributed by atoms with Gasteiger partial charge in [-0.25, -0.2) is 0 Å². The summed E-state index contributed by atoms with van der Waals surface area (Å²) in [5.41, 5.74) is 0. The molecule has 1 N–H and O–H groups in total. The molecule has 0 bridgehead atoms. The fraction of sp³-hybridized carbons (Fsp3) is 0.923. The third kappa shape index (κ3) is 3.21. The highest BCUT2D eigenvalue weighted by molar-refractivity contribution is 5.84. The minimum Gasteiger partial charge on any atom is -0.326 e. The number of rotatable bonds is 6. The van der Waals surface area contributed by atoms with E-state index in [0.717, 1.165) is 32.2 Å². The number of nitrogens with one attached hydrogen (secondary N) is 1. The van der Waals surface area contributed by atoms with Gasteiger partial charge < -0.3 is 4.90 Å². The molecule has 0 saturated carbocycles. The largest absolute Gasteiger partial charge is 0.326 e. The minimum atomic E-state index is 0.0728. The summed E-state index contributed by atoms with van der Waals surface area (Å²) in [5, 5.41) is 3.48. The second-order valence-electron chi connectivity index (χ2n) is 5.13. The maximum absolute atomic E-state index is 12.1. The lowest BCUT2D eigenvalue weighted by Crippen LogP contribution is -2.38. The Kier molecular flexibility index (Phi) is 5.26. The number of hydrogen-bond acceptors (Lipinski definition) is 2. The van der Waals surface area contributed by atoms with Crippen molar-refractivity contribution in [3.63, 3.8) is 0 Å². The maximum Gasteiger partial charge on any atom is 0.241 e. The molecule has 3 nitrogen and oxygen atoms in total.